The van der Waals surface area contributed by atoms with Crippen LogP contribution >= 0.6 is 0 Å². The molecule has 9 heteroatoms. The Morgan fingerprint density at radius 1 is 1.00 bits per heavy atom. The Bertz CT molecular complexity index is 1400. The summed E-state index contributed by atoms with van der Waals surface area (Å²) in [6.45, 7) is 2.45. The van der Waals surface area contributed by atoms with Crippen molar-refractivity contribution in [3.63, 3.8) is 0 Å². The highest BCUT2D eigenvalue weighted by Crippen LogP contribution is 2.32. The fourth-order valence-corrected chi connectivity index (χ4v) is 3.67. The average Bonchev–Trinajstić information content (AvgIpc) is 3.32. The summed E-state index contributed by atoms with van der Waals surface area (Å²) in [4.78, 5) is 33.1. The van der Waals surface area contributed by atoms with Gasteiger partial charge in [-0.25, -0.2) is 9.78 Å². The van der Waals surface area contributed by atoms with Crippen LogP contribution in [0.15, 0.2) is 60.7 Å². The Hall–Kier alpha value is -4.53. The maximum absolute atomic E-state index is 12.7. The molecule has 1 atom stereocenters. The molecule has 35 heavy (non-hydrogen) atoms. The van der Waals surface area contributed by atoms with Crippen molar-refractivity contribution in [2.75, 3.05) is 25.6 Å². The summed E-state index contributed by atoms with van der Waals surface area (Å²) in [6, 6.07) is 17.6. The van der Waals surface area contributed by atoms with Gasteiger partial charge in [0.2, 0.25) is 0 Å². The molecule has 0 saturated carbocycles. The van der Waals surface area contributed by atoms with Gasteiger partial charge in [0, 0.05) is 17.3 Å². The van der Waals surface area contributed by atoms with Gasteiger partial charge >= 0.3 is 5.97 Å². The molecule has 1 aliphatic rings. The zero-order chi connectivity index (χ0) is 24.4. The number of methoxy groups -OCH3 is 1. The van der Waals surface area contributed by atoms with Crippen molar-refractivity contribution in [2.45, 2.75) is 13.0 Å². The molecule has 9 nitrogen and oxygen atoms in total. The molecular formula is C26H23N3O6. The molecule has 178 valence electrons. The maximum atomic E-state index is 12.7. The number of amides is 1. The molecule has 1 aliphatic heterocycles. The van der Waals surface area contributed by atoms with E-state index < -0.39 is 18.0 Å². The molecule has 1 amide bonds. The second-order valence-corrected chi connectivity index (χ2v) is 7.94. The summed E-state index contributed by atoms with van der Waals surface area (Å²) in [7, 11) is 1.61. The van der Waals surface area contributed by atoms with Gasteiger partial charge in [0.1, 0.15) is 24.8 Å². The van der Waals surface area contributed by atoms with E-state index in [2.05, 4.69) is 15.3 Å². The van der Waals surface area contributed by atoms with Crippen LogP contribution in [-0.4, -0.2) is 48.3 Å². The smallest absolute Gasteiger partial charge is 0.338 e. The molecule has 5 rings (SSSR count). The summed E-state index contributed by atoms with van der Waals surface area (Å²) in [5.41, 5.74) is 3.10. The summed E-state index contributed by atoms with van der Waals surface area (Å²) in [5, 5.41) is 2.73. The van der Waals surface area contributed by atoms with Gasteiger partial charge in [-0.2, -0.15) is 0 Å². The Kier molecular flexibility index (Phi) is 5.97. The number of imidazole rings is 1. The third-order valence-corrected chi connectivity index (χ3v) is 5.54. The van der Waals surface area contributed by atoms with Gasteiger partial charge in [-0.3, -0.25) is 4.79 Å². The molecule has 0 radical (unpaired) electrons. The number of rotatable bonds is 6. The number of ether oxygens (including phenoxy) is 4. The van der Waals surface area contributed by atoms with Gasteiger partial charge < -0.3 is 29.2 Å². The number of aromatic amines is 1. The van der Waals surface area contributed by atoms with Crippen LogP contribution in [-0.2, 0) is 9.53 Å². The zero-order valence-corrected chi connectivity index (χ0v) is 19.2. The number of aromatic nitrogens is 2. The van der Waals surface area contributed by atoms with Crippen LogP contribution in [0.2, 0.25) is 0 Å². The van der Waals surface area contributed by atoms with Crippen molar-refractivity contribution < 1.29 is 28.5 Å². The second kappa shape index (κ2) is 9.38. The molecular weight excluding hydrogens is 450 g/mol. The predicted molar refractivity (Wildman–Crippen MR) is 129 cm³/mol. The first-order valence-corrected chi connectivity index (χ1v) is 11.1. The maximum Gasteiger partial charge on any atom is 0.338 e. The molecule has 1 unspecified atom stereocenters. The number of hydrogen-bond donors (Lipinski definition) is 2. The van der Waals surface area contributed by atoms with Crippen LogP contribution in [0.3, 0.4) is 0 Å². The van der Waals surface area contributed by atoms with Crippen molar-refractivity contribution in [3.8, 4) is 28.6 Å². The van der Waals surface area contributed by atoms with Crippen LogP contribution in [0.1, 0.15) is 17.3 Å². The Labute approximate surface area is 201 Å². The summed E-state index contributed by atoms with van der Waals surface area (Å²) in [6.07, 6.45) is -1.01. The molecule has 0 spiro atoms. The topological polar surface area (TPSA) is 112 Å². The SMILES string of the molecule is COc1ccc(-c2nc3ccc(C(=O)OC(C)C(=O)Nc4ccc5c(c4)OCCO5)cc3[nH]2)cc1. The van der Waals surface area contributed by atoms with E-state index in [0.29, 0.717) is 52.8 Å². The number of carbonyl (C=O) groups excluding carboxylic acids is 2. The van der Waals surface area contributed by atoms with E-state index in [1.807, 2.05) is 24.3 Å². The lowest BCUT2D eigenvalue weighted by Gasteiger charge is -2.19. The van der Waals surface area contributed by atoms with E-state index in [-0.39, 0.29) is 0 Å². The van der Waals surface area contributed by atoms with Gasteiger partial charge in [-0.05, 0) is 61.5 Å². The zero-order valence-electron chi connectivity index (χ0n) is 19.2. The lowest BCUT2D eigenvalue weighted by Crippen LogP contribution is -2.30. The van der Waals surface area contributed by atoms with Gasteiger partial charge in [0.25, 0.3) is 5.91 Å². The van der Waals surface area contributed by atoms with Crippen molar-refractivity contribution in [1.82, 2.24) is 9.97 Å². The van der Waals surface area contributed by atoms with Crippen molar-refractivity contribution >= 4 is 28.6 Å². The highest BCUT2D eigenvalue weighted by Gasteiger charge is 2.21. The highest BCUT2D eigenvalue weighted by molar-refractivity contribution is 5.99. The number of carbonyl (C=O) groups is 2. The number of H-pyrrole nitrogens is 1. The average molecular weight is 473 g/mol. The monoisotopic (exact) mass is 473 g/mol. The Morgan fingerprint density at radius 2 is 1.77 bits per heavy atom. The van der Waals surface area contributed by atoms with E-state index >= 15 is 0 Å². The third kappa shape index (κ3) is 4.74. The minimum Gasteiger partial charge on any atom is -0.497 e. The van der Waals surface area contributed by atoms with Crippen molar-refractivity contribution in [3.05, 3.63) is 66.2 Å². The van der Waals surface area contributed by atoms with Gasteiger partial charge in [-0.15, -0.1) is 0 Å². The Morgan fingerprint density at radius 3 is 2.54 bits per heavy atom. The van der Waals surface area contributed by atoms with Gasteiger partial charge in [-0.1, -0.05) is 0 Å². The molecule has 0 saturated heterocycles. The third-order valence-electron chi connectivity index (χ3n) is 5.54. The quantitative estimate of drug-likeness (QED) is 0.404. The minimum atomic E-state index is -1.01. The molecule has 3 aromatic carbocycles. The fraction of sp³-hybridized carbons (Fsp3) is 0.192. The van der Waals surface area contributed by atoms with Crippen molar-refractivity contribution in [2.24, 2.45) is 0 Å². The largest absolute Gasteiger partial charge is 0.497 e. The highest BCUT2D eigenvalue weighted by atomic mass is 16.6. The number of benzene rings is 3. The molecule has 1 aromatic heterocycles. The number of hydrogen-bond acceptors (Lipinski definition) is 7. The summed E-state index contributed by atoms with van der Waals surface area (Å²) >= 11 is 0. The number of esters is 1. The van der Waals surface area contributed by atoms with E-state index in [4.69, 9.17) is 18.9 Å². The van der Waals surface area contributed by atoms with Crippen LogP contribution in [0.25, 0.3) is 22.4 Å². The van der Waals surface area contributed by atoms with Gasteiger partial charge in [0.05, 0.1) is 23.7 Å². The normalized spacial score (nSPS) is 13.2. The lowest BCUT2D eigenvalue weighted by molar-refractivity contribution is -0.123. The first-order valence-electron chi connectivity index (χ1n) is 11.1. The minimum absolute atomic E-state index is 0.307. The fourth-order valence-electron chi connectivity index (χ4n) is 3.67. The number of fused-ring (bicyclic) bond motifs is 2. The van der Waals surface area contributed by atoms with Crippen LogP contribution in [0.5, 0.6) is 17.2 Å². The molecule has 4 aromatic rings. The van der Waals surface area contributed by atoms with E-state index in [0.717, 1.165) is 11.3 Å². The van der Waals surface area contributed by atoms with E-state index in [9.17, 15) is 9.59 Å². The molecule has 0 fully saturated rings. The van der Waals surface area contributed by atoms with E-state index in [1.54, 1.807) is 43.5 Å². The van der Waals surface area contributed by atoms with Crippen molar-refractivity contribution in [1.29, 1.82) is 0 Å². The molecule has 2 heterocycles. The van der Waals surface area contributed by atoms with Gasteiger partial charge in [0.15, 0.2) is 17.6 Å². The van der Waals surface area contributed by atoms with Crippen LogP contribution in [0, 0.1) is 0 Å². The molecule has 0 bridgehead atoms. The molecule has 0 aliphatic carbocycles. The van der Waals surface area contributed by atoms with Crippen LogP contribution < -0.4 is 19.5 Å². The number of anilines is 1. The summed E-state index contributed by atoms with van der Waals surface area (Å²) in [5.74, 6) is 1.53. The predicted octanol–water partition coefficient (Wildman–Crippen LogP) is 4.19. The van der Waals surface area contributed by atoms with E-state index in [1.165, 1.54) is 6.92 Å². The number of nitrogens with zero attached hydrogens (tertiary/aromatic N) is 1. The van der Waals surface area contributed by atoms with Crippen LogP contribution in [0.4, 0.5) is 5.69 Å². The first kappa shape index (κ1) is 22.3. The Balaban J connectivity index is 1.25. The first-order chi connectivity index (χ1) is 17.0. The summed E-state index contributed by atoms with van der Waals surface area (Å²) < 4.78 is 21.6. The second-order valence-electron chi connectivity index (χ2n) is 7.94. The lowest BCUT2D eigenvalue weighted by atomic mass is 10.2. The number of nitrogens with one attached hydrogen (secondary N) is 2. The standard InChI is InChI=1S/C26H23N3O6/c1-15(25(30)27-18-6-10-22-23(14-18)34-12-11-33-22)35-26(31)17-5-9-20-21(13-17)29-24(28-20)16-3-7-19(32-2)8-4-16/h3-10,13-15H,11-12H2,1-2H3,(H,27,30)(H,28,29). The molecule has 2 N–H and O–H groups in total.